The van der Waals surface area contributed by atoms with Crippen LogP contribution in [0.4, 0.5) is 0 Å². The summed E-state index contributed by atoms with van der Waals surface area (Å²) in [6, 6.07) is 0.322. The minimum absolute atomic E-state index is 0.200. The van der Waals surface area contributed by atoms with E-state index in [0.717, 1.165) is 12.4 Å². The zero-order valence-electron chi connectivity index (χ0n) is 6.75. The van der Waals surface area contributed by atoms with E-state index in [2.05, 4.69) is 11.8 Å². The Morgan fingerprint density at radius 3 is 3.00 bits per heavy atom. The highest BCUT2D eigenvalue weighted by Crippen LogP contribution is 2.17. The van der Waals surface area contributed by atoms with Crippen LogP contribution in [0.2, 0.25) is 0 Å². The van der Waals surface area contributed by atoms with E-state index in [0.29, 0.717) is 12.5 Å². The summed E-state index contributed by atoms with van der Waals surface area (Å²) in [6.07, 6.45) is 0.487. The largest absolute Gasteiger partial charge is 0.370 e. The molecule has 0 aromatic heterocycles. The predicted molar refractivity (Wildman–Crippen MR) is 47.3 cm³/mol. The third kappa shape index (κ3) is 2.71. The number of carbonyl (C=O) groups is 1. The van der Waals surface area contributed by atoms with Crippen molar-refractivity contribution in [2.75, 3.05) is 18.2 Å². The van der Waals surface area contributed by atoms with Crippen molar-refractivity contribution in [2.45, 2.75) is 19.4 Å². The zero-order chi connectivity index (χ0) is 8.27. The predicted octanol–water partition coefficient (Wildman–Crippen LogP) is 0.257. The molecule has 0 aliphatic carbocycles. The summed E-state index contributed by atoms with van der Waals surface area (Å²) in [5.41, 5.74) is 5.09. The molecule has 1 fully saturated rings. The Morgan fingerprint density at radius 1 is 1.82 bits per heavy atom. The SMILES string of the molecule is CC(CC(N)=O)N1CCSC1. The van der Waals surface area contributed by atoms with Crippen molar-refractivity contribution >= 4 is 17.7 Å². The van der Waals surface area contributed by atoms with E-state index in [1.807, 2.05) is 11.8 Å². The van der Waals surface area contributed by atoms with E-state index in [1.165, 1.54) is 5.75 Å². The average molecular weight is 174 g/mol. The lowest BCUT2D eigenvalue weighted by Gasteiger charge is -2.21. The minimum atomic E-state index is -0.200. The van der Waals surface area contributed by atoms with E-state index in [4.69, 9.17) is 5.73 Å². The van der Waals surface area contributed by atoms with Gasteiger partial charge in [-0.05, 0) is 6.92 Å². The van der Waals surface area contributed by atoms with E-state index < -0.39 is 0 Å². The van der Waals surface area contributed by atoms with Crippen LogP contribution in [-0.2, 0) is 4.79 Å². The number of hydrogen-bond acceptors (Lipinski definition) is 3. The summed E-state index contributed by atoms with van der Waals surface area (Å²) in [5.74, 6) is 2.03. The minimum Gasteiger partial charge on any atom is -0.370 e. The van der Waals surface area contributed by atoms with Crippen LogP contribution >= 0.6 is 11.8 Å². The maximum absolute atomic E-state index is 10.6. The molecule has 11 heavy (non-hydrogen) atoms. The van der Waals surface area contributed by atoms with E-state index in [9.17, 15) is 4.79 Å². The molecule has 1 aliphatic heterocycles. The molecule has 0 aromatic rings. The number of hydrogen-bond donors (Lipinski definition) is 1. The van der Waals surface area contributed by atoms with Gasteiger partial charge in [-0.15, -0.1) is 11.8 Å². The number of amides is 1. The molecule has 1 atom stereocenters. The summed E-state index contributed by atoms with van der Waals surface area (Å²) in [5, 5.41) is 0. The molecule has 1 rings (SSSR count). The lowest BCUT2D eigenvalue weighted by atomic mass is 10.2. The fraction of sp³-hybridized carbons (Fsp3) is 0.857. The number of rotatable bonds is 3. The molecule has 0 bridgehead atoms. The number of carbonyl (C=O) groups excluding carboxylic acids is 1. The van der Waals surface area contributed by atoms with E-state index in [-0.39, 0.29) is 5.91 Å². The van der Waals surface area contributed by atoms with Gasteiger partial charge >= 0.3 is 0 Å². The van der Waals surface area contributed by atoms with Gasteiger partial charge in [-0.3, -0.25) is 9.69 Å². The Balaban J connectivity index is 2.28. The quantitative estimate of drug-likeness (QED) is 0.667. The van der Waals surface area contributed by atoms with Crippen LogP contribution in [0.15, 0.2) is 0 Å². The van der Waals surface area contributed by atoms with Gasteiger partial charge in [0.1, 0.15) is 0 Å². The second-order valence-corrected chi connectivity index (χ2v) is 3.94. The van der Waals surface area contributed by atoms with Crippen molar-refractivity contribution in [3.05, 3.63) is 0 Å². The monoisotopic (exact) mass is 174 g/mol. The summed E-state index contributed by atoms with van der Waals surface area (Å²) < 4.78 is 0. The molecule has 1 unspecified atom stereocenters. The number of thioether (sulfide) groups is 1. The summed E-state index contributed by atoms with van der Waals surface area (Å²) in [7, 11) is 0. The van der Waals surface area contributed by atoms with Crippen LogP contribution < -0.4 is 5.73 Å². The molecular formula is C7H14N2OS. The van der Waals surface area contributed by atoms with Crippen molar-refractivity contribution < 1.29 is 4.79 Å². The molecule has 1 aliphatic rings. The first-order valence-corrected chi connectivity index (χ1v) is 4.95. The molecule has 1 heterocycles. The third-order valence-corrected chi connectivity index (χ3v) is 2.89. The maximum atomic E-state index is 10.6. The Morgan fingerprint density at radius 2 is 2.55 bits per heavy atom. The van der Waals surface area contributed by atoms with Gasteiger partial charge in [0.05, 0.1) is 0 Å². The first kappa shape index (κ1) is 8.87. The zero-order valence-corrected chi connectivity index (χ0v) is 7.56. The molecule has 0 radical (unpaired) electrons. The molecule has 3 nitrogen and oxygen atoms in total. The molecular weight excluding hydrogens is 160 g/mol. The topological polar surface area (TPSA) is 46.3 Å². The lowest BCUT2D eigenvalue weighted by Crippen LogP contribution is -2.33. The molecule has 64 valence electrons. The van der Waals surface area contributed by atoms with Crippen LogP contribution in [0.5, 0.6) is 0 Å². The van der Waals surface area contributed by atoms with Crippen molar-refractivity contribution in [3.63, 3.8) is 0 Å². The summed E-state index contributed by atoms with van der Waals surface area (Å²) in [6.45, 7) is 3.15. The summed E-state index contributed by atoms with van der Waals surface area (Å²) >= 11 is 1.91. The molecule has 2 N–H and O–H groups in total. The maximum Gasteiger partial charge on any atom is 0.218 e. The normalized spacial score (nSPS) is 21.9. The second-order valence-electron chi connectivity index (χ2n) is 2.87. The Kier molecular flexibility index (Phi) is 3.20. The van der Waals surface area contributed by atoms with Gasteiger partial charge in [-0.1, -0.05) is 0 Å². The van der Waals surface area contributed by atoms with Gasteiger partial charge < -0.3 is 5.73 Å². The number of primary amides is 1. The second kappa shape index (κ2) is 3.97. The Hall–Kier alpha value is -0.220. The summed E-state index contributed by atoms with van der Waals surface area (Å²) in [4.78, 5) is 12.8. The fourth-order valence-corrected chi connectivity index (χ4v) is 2.31. The van der Waals surface area contributed by atoms with Crippen molar-refractivity contribution in [1.82, 2.24) is 4.90 Å². The van der Waals surface area contributed by atoms with E-state index in [1.54, 1.807) is 0 Å². The Bertz CT molecular complexity index is 145. The number of nitrogens with zero attached hydrogens (tertiary/aromatic N) is 1. The highest BCUT2D eigenvalue weighted by Gasteiger charge is 2.19. The van der Waals surface area contributed by atoms with Crippen LogP contribution in [-0.4, -0.2) is 35.0 Å². The first-order valence-electron chi connectivity index (χ1n) is 3.80. The third-order valence-electron chi connectivity index (χ3n) is 1.90. The van der Waals surface area contributed by atoms with Gasteiger partial charge in [-0.25, -0.2) is 0 Å². The van der Waals surface area contributed by atoms with Crippen LogP contribution in [0, 0.1) is 0 Å². The van der Waals surface area contributed by atoms with E-state index >= 15 is 0 Å². The van der Waals surface area contributed by atoms with Gasteiger partial charge in [-0.2, -0.15) is 0 Å². The Labute approximate surface area is 71.3 Å². The van der Waals surface area contributed by atoms with Gasteiger partial charge in [0.2, 0.25) is 5.91 Å². The van der Waals surface area contributed by atoms with Crippen molar-refractivity contribution in [1.29, 1.82) is 0 Å². The molecule has 0 saturated carbocycles. The van der Waals surface area contributed by atoms with Crippen LogP contribution in [0.25, 0.3) is 0 Å². The van der Waals surface area contributed by atoms with Gasteiger partial charge in [0, 0.05) is 30.6 Å². The smallest absolute Gasteiger partial charge is 0.218 e. The standard InChI is InChI=1S/C7H14N2OS/c1-6(4-7(8)10)9-2-3-11-5-9/h6H,2-5H2,1H3,(H2,8,10). The fourth-order valence-electron chi connectivity index (χ4n) is 1.20. The highest BCUT2D eigenvalue weighted by atomic mass is 32.2. The average Bonchev–Trinajstić information content (AvgIpc) is 2.35. The van der Waals surface area contributed by atoms with Gasteiger partial charge in [0.15, 0.2) is 0 Å². The first-order chi connectivity index (χ1) is 5.20. The van der Waals surface area contributed by atoms with Crippen molar-refractivity contribution in [2.24, 2.45) is 5.73 Å². The number of nitrogens with two attached hydrogens (primary N) is 1. The molecule has 0 spiro atoms. The molecule has 4 heteroatoms. The van der Waals surface area contributed by atoms with Crippen LogP contribution in [0.3, 0.4) is 0 Å². The van der Waals surface area contributed by atoms with Crippen molar-refractivity contribution in [3.8, 4) is 0 Å². The molecule has 1 saturated heterocycles. The lowest BCUT2D eigenvalue weighted by molar-refractivity contribution is -0.119. The molecule has 0 aromatic carbocycles. The molecule has 1 amide bonds. The van der Waals surface area contributed by atoms with Gasteiger partial charge in [0.25, 0.3) is 0 Å². The highest BCUT2D eigenvalue weighted by molar-refractivity contribution is 7.99. The van der Waals surface area contributed by atoms with Crippen LogP contribution in [0.1, 0.15) is 13.3 Å².